The van der Waals surface area contributed by atoms with Gasteiger partial charge in [-0.15, -0.1) is 0 Å². The fourth-order valence-corrected chi connectivity index (χ4v) is 2.78. The van der Waals surface area contributed by atoms with E-state index in [2.05, 4.69) is 33.8 Å². The van der Waals surface area contributed by atoms with Crippen LogP contribution in [0, 0.1) is 5.92 Å². The van der Waals surface area contributed by atoms with Crippen molar-refractivity contribution in [2.24, 2.45) is 5.92 Å². The summed E-state index contributed by atoms with van der Waals surface area (Å²) < 4.78 is 0. The molecule has 0 aromatic heterocycles. The summed E-state index contributed by atoms with van der Waals surface area (Å²) in [4.78, 5) is 0. The van der Waals surface area contributed by atoms with Crippen molar-refractivity contribution in [2.45, 2.75) is 111 Å². The van der Waals surface area contributed by atoms with Gasteiger partial charge in [-0.1, -0.05) is 96.1 Å². The molecule has 0 unspecified atom stereocenters. The summed E-state index contributed by atoms with van der Waals surface area (Å²) >= 11 is 0. The molecule has 0 spiro atoms. The summed E-state index contributed by atoms with van der Waals surface area (Å²) in [6.07, 6.45) is 21.0. The predicted octanol–water partition coefficient (Wildman–Crippen LogP) is 7.68. The van der Waals surface area contributed by atoms with Gasteiger partial charge in [0.1, 0.15) is 0 Å². The Labute approximate surface area is 129 Å². The van der Waals surface area contributed by atoms with Crippen molar-refractivity contribution >= 4 is 0 Å². The first-order chi connectivity index (χ1) is 9.66. The first-order valence-electron chi connectivity index (χ1n) is 9.30. The van der Waals surface area contributed by atoms with E-state index in [0.29, 0.717) is 0 Å². The quantitative estimate of drug-likeness (QED) is 0.226. The third kappa shape index (κ3) is 15.8. The minimum Gasteiger partial charge on any atom is -0.0859 e. The molecule has 0 heteroatoms. The first-order valence-corrected chi connectivity index (χ1v) is 9.30. The maximum Gasteiger partial charge on any atom is -0.0346 e. The summed E-state index contributed by atoms with van der Waals surface area (Å²) in [7, 11) is 0. The van der Waals surface area contributed by atoms with Crippen molar-refractivity contribution in [1.82, 2.24) is 0 Å². The Morgan fingerprint density at radius 1 is 0.750 bits per heavy atom. The highest BCUT2D eigenvalue weighted by atomic mass is 14.1. The van der Waals surface area contributed by atoms with Gasteiger partial charge in [0.05, 0.1) is 0 Å². The second kappa shape index (κ2) is 15.1. The monoisotopic (exact) mass is 280 g/mol. The molecule has 0 amide bonds. The zero-order chi connectivity index (χ0) is 15.1. The molecule has 0 bridgehead atoms. The van der Waals surface area contributed by atoms with Crippen molar-refractivity contribution in [2.75, 3.05) is 0 Å². The molecule has 0 aromatic carbocycles. The third-order valence-corrected chi connectivity index (χ3v) is 4.26. The van der Waals surface area contributed by atoms with Gasteiger partial charge in [-0.05, 0) is 32.6 Å². The average molecular weight is 281 g/mol. The van der Waals surface area contributed by atoms with Gasteiger partial charge in [0, 0.05) is 0 Å². The van der Waals surface area contributed by atoms with Crippen molar-refractivity contribution in [1.29, 1.82) is 0 Å². The van der Waals surface area contributed by atoms with Crippen molar-refractivity contribution in [3.05, 3.63) is 11.6 Å². The van der Waals surface area contributed by atoms with E-state index >= 15 is 0 Å². The fourth-order valence-electron chi connectivity index (χ4n) is 2.78. The van der Waals surface area contributed by atoms with Crippen LogP contribution in [0.25, 0.3) is 0 Å². The Balaban J connectivity index is 3.17. The van der Waals surface area contributed by atoms with Crippen LogP contribution in [0.2, 0.25) is 0 Å². The molecule has 0 nitrogen and oxygen atoms in total. The molecule has 20 heavy (non-hydrogen) atoms. The zero-order valence-electron chi connectivity index (χ0n) is 14.8. The van der Waals surface area contributed by atoms with Crippen LogP contribution in [0.5, 0.6) is 0 Å². The Hall–Kier alpha value is -0.260. The number of unbranched alkanes of at least 4 members (excludes halogenated alkanes) is 9. The Bertz CT molecular complexity index is 210. The summed E-state index contributed by atoms with van der Waals surface area (Å²) in [6, 6.07) is 0. The van der Waals surface area contributed by atoms with Gasteiger partial charge in [0.2, 0.25) is 0 Å². The molecule has 0 aliphatic heterocycles. The molecule has 0 saturated heterocycles. The molecule has 1 atom stereocenters. The fraction of sp³-hybridized carbons (Fsp3) is 0.900. The molecule has 0 saturated carbocycles. The smallest absolute Gasteiger partial charge is 0.0346 e. The molecule has 0 aliphatic rings. The Morgan fingerprint density at radius 2 is 1.25 bits per heavy atom. The van der Waals surface area contributed by atoms with Crippen LogP contribution in [-0.4, -0.2) is 0 Å². The van der Waals surface area contributed by atoms with Crippen LogP contribution >= 0.6 is 0 Å². The molecule has 0 radical (unpaired) electrons. The van der Waals surface area contributed by atoms with Crippen LogP contribution in [-0.2, 0) is 0 Å². The lowest BCUT2D eigenvalue weighted by Crippen LogP contribution is -1.94. The number of hydrogen-bond donors (Lipinski definition) is 0. The summed E-state index contributed by atoms with van der Waals surface area (Å²) in [6.45, 7) is 9.12. The molecule has 0 rings (SSSR count). The maximum absolute atomic E-state index is 2.42. The lowest BCUT2D eigenvalue weighted by molar-refractivity contribution is 0.456. The first kappa shape index (κ1) is 19.7. The molecule has 0 N–H and O–H groups in total. The van der Waals surface area contributed by atoms with E-state index in [1.165, 1.54) is 89.0 Å². The number of rotatable bonds is 14. The van der Waals surface area contributed by atoms with E-state index in [1.807, 2.05) is 0 Å². The van der Waals surface area contributed by atoms with E-state index in [9.17, 15) is 0 Å². The van der Waals surface area contributed by atoms with Crippen molar-refractivity contribution in [3.63, 3.8) is 0 Å². The number of allylic oxidation sites excluding steroid dienone is 2. The van der Waals surface area contributed by atoms with Crippen LogP contribution in [0.3, 0.4) is 0 Å². The highest BCUT2D eigenvalue weighted by molar-refractivity contribution is 4.92. The zero-order valence-corrected chi connectivity index (χ0v) is 14.8. The second-order valence-corrected chi connectivity index (χ2v) is 6.93. The summed E-state index contributed by atoms with van der Waals surface area (Å²) in [5.41, 5.74) is 1.47. The topological polar surface area (TPSA) is 0 Å². The third-order valence-electron chi connectivity index (χ3n) is 4.26. The van der Waals surface area contributed by atoms with Crippen molar-refractivity contribution < 1.29 is 0 Å². The molecular formula is C20H40. The molecule has 120 valence electrons. The van der Waals surface area contributed by atoms with Gasteiger partial charge in [-0.2, -0.15) is 0 Å². The normalized spacial score (nSPS) is 12.4. The summed E-state index contributed by atoms with van der Waals surface area (Å²) in [5, 5.41) is 0. The molecule has 0 fully saturated rings. The van der Waals surface area contributed by atoms with Gasteiger partial charge in [0.15, 0.2) is 0 Å². The molecular weight excluding hydrogens is 240 g/mol. The van der Waals surface area contributed by atoms with E-state index in [-0.39, 0.29) is 0 Å². The minimum absolute atomic E-state index is 0.916. The maximum atomic E-state index is 2.42. The van der Waals surface area contributed by atoms with Gasteiger partial charge in [-0.25, -0.2) is 0 Å². The average Bonchev–Trinajstić information content (AvgIpc) is 2.40. The highest BCUT2D eigenvalue weighted by Crippen LogP contribution is 2.17. The lowest BCUT2D eigenvalue weighted by Gasteiger charge is -2.09. The van der Waals surface area contributed by atoms with Gasteiger partial charge in [0.25, 0.3) is 0 Å². The molecule has 0 aliphatic carbocycles. The Morgan fingerprint density at radius 3 is 1.75 bits per heavy atom. The van der Waals surface area contributed by atoms with Gasteiger partial charge >= 0.3 is 0 Å². The van der Waals surface area contributed by atoms with Gasteiger partial charge < -0.3 is 0 Å². The summed E-state index contributed by atoms with van der Waals surface area (Å²) in [5.74, 6) is 0.916. The van der Waals surface area contributed by atoms with E-state index in [0.717, 1.165) is 5.92 Å². The largest absolute Gasteiger partial charge is 0.0859 e. The minimum atomic E-state index is 0.916. The van der Waals surface area contributed by atoms with E-state index < -0.39 is 0 Å². The number of hydrogen-bond acceptors (Lipinski definition) is 0. The van der Waals surface area contributed by atoms with Crippen LogP contribution in [0.15, 0.2) is 11.6 Å². The van der Waals surface area contributed by atoms with Gasteiger partial charge in [-0.3, -0.25) is 0 Å². The standard InChI is InChI=1S/C20H40/c1-5-6-7-8-9-10-11-12-13-14-17-20(4)18-15-16-19(2)3/h16,20H,5-15,17-18H2,1-4H3/t20-/m0/s1. The molecule has 0 aromatic rings. The SMILES string of the molecule is CCCCCCCCCCCC[C@H](C)CCC=C(C)C. The lowest BCUT2D eigenvalue weighted by atomic mass is 9.97. The molecule has 0 heterocycles. The second-order valence-electron chi connectivity index (χ2n) is 6.93. The van der Waals surface area contributed by atoms with E-state index in [4.69, 9.17) is 0 Å². The predicted molar refractivity (Wildman–Crippen MR) is 94.3 cm³/mol. The Kier molecular flexibility index (Phi) is 14.9. The van der Waals surface area contributed by atoms with Crippen LogP contribution in [0.1, 0.15) is 111 Å². The van der Waals surface area contributed by atoms with Crippen LogP contribution in [0.4, 0.5) is 0 Å². The highest BCUT2D eigenvalue weighted by Gasteiger charge is 2.00. The van der Waals surface area contributed by atoms with E-state index in [1.54, 1.807) is 0 Å². The van der Waals surface area contributed by atoms with Crippen molar-refractivity contribution in [3.8, 4) is 0 Å². The van der Waals surface area contributed by atoms with Crippen LogP contribution < -0.4 is 0 Å².